The minimum atomic E-state index is -0.776. The molecule has 206 valence electrons. The van der Waals surface area contributed by atoms with Gasteiger partial charge < -0.3 is 14.2 Å². The van der Waals surface area contributed by atoms with Crippen LogP contribution in [0.3, 0.4) is 0 Å². The standard InChI is InChI=1S/C33H32FNO5/c1-20-30(33(37)40-16-15-21-7-5-4-6-8-21)31(22-9-12-25(34)13-10-22)32-26(35-20)17-24(18-27(32)36)23-11-14-28(38-2)29(19-23)39-3/h4-14,19,24,30-31H,15-18H2,1-3H3/t24-,30?,31+/m1/s1. The number of ketones is 1. The second kappa shape index (κ2) is 11.9. The van der Waals surface area contributed by atoms with Gasteiger partial charge in [-0.15, -0.1) is 0 Å². The maximum Gasteiger partial charge on any atom is 0.315 e. The molecule has 1 aliphatic carbocycles. The summed E-state index contributed by atoms with van der Waals surface area (Å²) < 4.78 is 30.4. The van der Waals surface area contributed by atoms with Crippen molar-refractivity contribution in [3.63, 3.8) is 0 Å². The molecule has 0 saturated carbocycles. The zero-order valence-corrected chi connectivity index (χ0v) is 22.9. The molecule has 6 nitrogen and oxygen atoms in total. The highest BCUT2D eigenvalue weighted by molar-refractivity contribution is 6.09. The first-order chi connectivity index (χ1) is 19.4. The van der Waals surface area contributed by atoms with Crippen LogP contribution in [-0.4, -0.2) is 38.3 Å². The average molecular weight is 542 g/mol. The molecular formula is C33H32FNO5. The molecule has 3 aromatic carbocycles. The van der Waals surface area contributed by atoms with Crippen molar-refractivity contribution in [3.8, 4) is 11.5 Å². The molecular weight excluding hydrogens is 509 g/mol. The Bertz CT molecular complexity index is 1460. The van der Waals surface area contributed by atoms with E-state index in [1.165, 1.54) is 12.1 Å². The Balaban J connectivity index is 1.46. The number of hydrogen-bond acceptors (Lipinski definition) is 6. The van der Waals surface area contributed by atoms with Crippen LogP contribution in [0.15, 0.2) is 89.1 Å². The number of esters is 1. The van der Waals surface area contributed by atoms with Crippen LogP contribution in [0.1, 0.15) is 48.3 Å². The van der Waals surface area contributed by atoms with E-state index in [4.69, 9.17) is 19.2 Å². The molecule has 0 fully saturated rings. The van der Waals surface area contributed by atoms with E-state index in [0.717, 1.165) is 11.1 Å². The molecule has 0 aromatic heterocycles. The van der Waals surface area contributed by atoms with Gasteiger partial charge in [0.1, 0.15) is 11.7 Å². The summed E-state index contributed by atoms with van der Waals surface area (Å²) in [5.41, 5.74) is 4.46. The van der Waals surface area contributed by atoms with Gasteiger partial charge in [0, 0.05) is 35.7 Å². The third kappa shape index (κ3) is 5.55. The lowest BCUT2D eigenvalue weighted by Gasteiger charge is -2.36. The van der Waals surface area contributed by atoms with Crippen LogP contribution >= 0.6 is 0 Å². The van der Waals surface area contributed by atoms with Gasteiger partial charge in [0.15, 0.2) is 17.3 Å². The van der Waals surface area contributed by atoms with E-state index < -0.39 is 17.8 Å². The largest absolute Gasteiger partial charge is 0.493 e. The molecule has 0 amide bonds. The number of hydrogen-bond donors (Lipinski definition) is 0. The summed E-state index contributed by atoms with van der Waals surface area (Å²) in [7, 11) is 3.16. The fraction of sp³-hybridized carbons (Fsp3) is 0.303. The van der Waals surface area contributed by atoms with E-state index in [2.05, 4.69) is 0 Å². The SMILES string of the molecule is COc1ccc([C@H]2CC(=O)C3=C(C2)N=C(C)C(C(=O)OCCc2ccccc2)[C@@H]3c2ccc(F)cc2)cc1OC. The van der Waals surface area contributed by atoms with Gasteiger partial charge >= 0.3 is 5.97 Å². The molecule has 2 aliphatic rings. The van der Waals surface area contributed by atoms with Crippen LogP contribution in [-0.2, 0) is 20.7 Å². The Hall–Kier alpha value is -4.26. The van der Waals surface area contributed by atoms with Crippen LogP contribution in [0.4, 0.5) is 4.39 Å². The number of carbonyl (C=O) groups is 2. The summed E-state index contributed by atoms with van der Waals surface area (Å²) >= 11 is 0. The number of Topliss-reactive ketones (excluding diaryl/α,β-unsaturated/α-hetero) is 1. The highest BCUT2D eigenvalue weighted by atomic mass is 19.1. The molecule has 0 radical (unpaired) electrons. The predicted octanol–water partition coefficient (Wildman–Crippen LogP) is 6.20. The molecule has 1 heterocycles. The highest BCUT2D eigenvalue weighted by Gasteiger charge is 2.44. The summed E-state index contributed by atoms with van der Waals surface area (Å²) in [4.78, 5) is 32.1. The van der Waals surface area contributed by atoms with Crippen LogP contribution in [0.25, 0.3) is 0 Å². The molecule has 0 spiro atoms. The molecule has 1 aliphatic heterocycles. The molecule has 3 aromatic rings. The number of aliphatic imine (C=N–C) groups is 1. The Morgan fingerprint density at radius 1 is 0.925 bits per heavy atom. The smallest absolute Gasteiger partial charge is 0.315 e. The zero-order chi connectivity index (χ0) is 28.2. The van der Waals surface area contributed by atoms with Crippen molar-refractivity contribution in [1.29, 1.82) is 0 Å². The second-order valence-corrected chi connectivity index (χ2v) is 10.2. The monoisotopic (exact) mass is 541 g/mol. The number of allylic oxidation sites excluding steroid dienone is 2. The summed E-state index contributed by atoms with van der Waals surface area (Å²) in [5, 5.41) is 0. The van der Waals surface area contributed by atoms with Gasteiger partial charge in [-0.3, -0.25) is 14.6 Å². The Labute approximate surface area is 233 Å². The third-order valence-corrected chi connectivity index (χ3v) is 7.73. The molecule has 3 atom stereocenters. The Morgan fingerprint density at radius 2 is 1.62 bits per heavy atom. The molecule has 40 heavy (non-hydrogen) atoms. The van der Waals surface area contributed by atoms with E-state index in [1.54, 1.807) is 33.3 Å². The quantitative estimate of drug-likeness (QED) is 0.317. The lowest BCUT2D eigenvalue weighted by atomic mass is 9.69. The first kappa shape index (κ1) is 27.3. The minimum Gasteiger partial charge on any atom is -0.493 e. The number of methoxy groups -OCH3 is 2. The number of ether oxygens (including phenoxy) is 3. The van der Waals surface area contributed by atoms with Crippen LogP contribution < -0.4 is 9.47 Å². The molecule has 5 rings (SSSR count). The van der Waals surface area contributed by atoms with Gasteiger partial charge in [0.2, 0.25) is 0 Å². The van der Waals surface area contributed by atoms with Crippen molar-refractivity contribution in [2.75, 3.05) is 20.8 Å². The van der Waals surface area contributed by atoms with Gasteiger partial charge in [-0.25, -0.2) is 4.39 Å². The number of benzene rings is 3. The summed E-state index contributed by atoms with van der Waals surface area (Å²) in [5.74, 6) is -1.17. The van der Waals surface area contributed by atoms with Crippen molar-refractivity contribution in [2.45, 2.75) is 38.0 Å². The van der Waals surface area contributed by atoms with Crippen molar-refractivity contribution in [2.24, 2.45) is 10.9 Å². The number of nitrogens with zero attached hydrogens (tertiary/aromatic N) is 1. The van der Waals surface area contributed by atoms with Gasteiger partial charge in [0.05, 0.1) is 20.8 Å². The van der Waals surface area contributed by atoms with Gasteiger partial charge in [-0.2, -0.15) is 0 Å². The van der Waals surface area contributed by atoms with E-state index >= 15 is 0 Å². The normalized spacial score (nSPS) is 20.4. The average Bonchev–Trinajstić information content (AvgIpc) is 2.96. The summed E-state index contributed by atoms with van der Waals surface area (Å²) in [6, 6.07) is 21.4. The lowest BCUT2D eigenvalue weighted by molar-refractivity contribution is -0.146. The first-order valence-corrected chi connectivity index (χ1v) is 13.4. The maximum atomic E-state index is 13.9. The zero-order valence-electron chi connectivity index (χ0n) is 22.9. The Kier molecular flexibility index (Phi) is 8.10. The van der Waals surface area contributed by atoms with Gasteiger partial charge in [0.25, 0.3) is 0 Å². The van der Waals surface area contributed by atoms with E-state index in [0.29, 0.717) is 46.9 Å². The van der Waals surface area contributed by atoms with Crippen molar-refractivity contribution >= 4 is 17.5 Å². The number of rotatable bonds is 8. The van der Waals surface area contributed by atoms with E-state index in [1.807, 2.05) is 48.5 Å². The Morgan fingerprint density at radius 3 is 2.33 bits per heavy atom. The van der Waals surface area contributed by atoms with Crippen molar-refractivity contribution in [3.05, 3.63) is 107 Å². The lowest BCUT2D eigenvalue weighted by Crippen LogP contribution is -2.38. The molecule has 1 unspecified atom stereocenters. The topological polar surface area (TPSA) is 74.2 Å². The molecule has 7 heteroatoms. The predicted molar refractivity (Wildman–Crippen MR) is 150 cm³/mol. The van der Waals surface area contributed by atoms with Crippen molar-refractivity contribution < 1.29 is 28.2 Å². The highest BCUT2D eigenvalue weighted by Crippen LogP contribution is 2.47. The van der Waals surface area contributed by atoms with Crippen molar-refractivity contribution in [1.82, 2.24) is 0 Å². The van der Waals surface area contributed by atoms with E-state index in [9.17, 15) is 14.0 Å². The molecule has 0 saturated heterocycles. The summed E-state index contributed by atoms with van der Waals surface area (Å²) in [6.07, 6.45) is 1.37. The fourth-order valence-corrected chi connectivity index (χ4v) is 5.74. The van der Waals surface area contributed by atoms with E-state index in [-0.39, 0.29) is 30.5 Å². The number of halogens is 1. The maximum absolute atomic E-state index is 13.9. The molecule has 0 N–H and O–H groups in total. The number of carbonyl (C=O) groups excluding carboxylic acids is 2. The third-order valence-electron chi connectivity index (χ3n) is 7.73. The second-order valence-electron chi connectivity index (χ2n) is 10.2. The minimum absolute atomic E-state index is 0.0753. The van der Waals surface area contributed by atoms with Crippen LogP contribution in [0, 0.1) is 11.7 Å². The van der Waals surface area contributed by atoms with Gasteiger partial charge in [-0.1, -0.05) is 48.5 Å². The summed E-state index contributed by atoms with van der Waals surface area (Å²) in [6.45, 7) is 2.01. The molecule has 0 bridgehead atoms. The van der Waals surface area contributed by atoms with Crippen LogP contribution in [0.2, 0.25) is 0 Å². The first-order valence-electron chi connectivity index (χ1n) is 13.4. The fourth-order valence-electron chi connectivity index (χ4n) is 5.74. The van der Waals surface area contributed by atoms with Crippen LogP contribution in [0.5, 0.6) is 11.5 Å². The van der Waals surface area contributed by atoms with Gasteiger partial charge in [-0.05, 0) is 60.2 Å².